The van der Waals surface area contributed by atoms with E-state index < -0.39 is 17.7 Å². The summed E-state index contributed by atoms with van der Waals surface area (Å²) in [5.41, 5.74) is 1.76. The number of aliphatic carboxylic acids is 1. The van der Waals surface area contributed by atoms with Crippen LogP contribution >= 0.6 is 23.2 Å². The molecule has 0 radical (unpaired) electrons. The molecular formula is C28H24Cl2F3N3O2. The lowest BCUT2D eigenvalue weighted by Gasteiger charge is -2.34. The molecule has 1 aromatic heterocycles. The van der Waals surface area contributed by atoms with Crippen LogP contribution in [0.3, 0.4) is 0 Å². The van der Waals surface area contributed by atoms with Gasteiger partial charge in [-0.2, -0.15) is 18.3 Å². The quantitative estimate of drug-likeness (QED) is 0.261. The van der Waals surface area contributed by atoms with Crippen LogP contribution < -0.4 is 4.90 Å². The molecule has 5 rings (SSSR count). The third-order valence-corrected chi connectivity index (χ3v) is 7.64. The molecule has 10 heteroatoms. The van der Waals surface area contributed by atoms with E-state index in [-0.39, 0.29) is 24.4 Å². The van der Waals surface area contributed by atoms with Crippen molar-refractivity contribution in [3.63, 3.8) is 0 Å². The summed E-state index contributed by atoms with van der Waals surface area (Å²) in [7, 11) is 0. The summed E-state index contributed by atoms with van der Waals surface area (Å²) < 4.78 is 43.1. The summed E-state index contributed by atoms with van der Waals surface area (Å²) in [6.45, 7) is 1.55. The Labute approximate surface area is 227 Å². The number of anilines is 1. The van der Waals surface area contributed by atoms with Crippen LogP contribution in [0.5, 0.6) is 0 Å². The average molecular weight is 562 g/mol. The number of hydrogen-bond acceptors (Lipinski definition) is 3. The van der Waals surface area contributed by atoms with Crippen molar-refractivity contribution in [3.8, 4) is 11.3 Å². The minimum absolute atomic E-state index is 0.0764. The predicted octanol–water partition coefficient (Wildman–Crippen LogP) is 7.77. The van der Waals surface area contributed by atoms with Gasteiger partial charge in [0.25, 0.3) is 0 Å². The topological polar surface area (TPSA) is 58.4 Å². The molecular weight excluding hydrogens is 538 g/mol. The van der Waals surface area contributed by atoms with Crippen molar-refractivity contribution < 1.29 is 23.1 Å². The maximum atomic E-state index is 13.9. The maximum Gasteiger partial charge on any atom is 0.418 e. The van der Waals surface area contributed by atoms with Gasteiger partial charge in [-0.3, -0.25) is 9.48 Å². The van der Waals surface area contributed by atoms with Crippen LogP contribution in [0.1, 0.15) is 30.4 Å². The van der Waals surface area contributed by atoms with E-state index in [4.69, 9.17) is 23.2 Å². The minimum Gasteiger partial charge on any atom is -0.481 e. The Morgan fingerprint density at radius 2 is 1.71 bits per heavy atom. The highest BCUT2D eigenvalue weighted by molar-refractivity contribution is 6.36. The van der Waals surface area contributed by atoms with Gasteiger partial charge in [-0.25, -0.2) is 0 Å². The first kappa shape index (κ1) is 26.4. The molecule has 0 unspecified atom stereocenters. The Kier molecular flexibility index (Phi) is 7.29. The summed E-state index contributed by atoms with van der Waals surface area (Å²) in [5, 5.41) is 14.7. The first-order valence-electron chi connectivity index (χ1n) is 12.2. The molecule has 1 saturated heterocycles. The van der Waals surface area contributed by atoms with Crippen molar-refractivity contribution in [2.45, 2.75) is 32.0 Å². The van der Waals surface area contributed by atoms with E-state index in [1.807, 2.05) is 24.3 Å². The Morgan fingerprint density at radius 1 is 1.03 bits per heavy atom. The van der Waals surface area contributed by atoms with E-state index >= 15 is 0 Å². The molecule has 0 bridgehead atoms. The van der Waals surface area contributed by atoms with Gasteiger partial charge in [0, 0.05) is 51.8 Å². The molecule has 3 aromatic carbocycles. The van der Waals surface area contributed by atoms with Crippen molar-refractivity contribution in [2.75, 3.05) is 18.0 Å². The van der Waals surface area contributed by atoms with Crippen LogP contribution in [0.4, 0.5) is 18.9 Å². The molecule has 198 valence electrons. The largest absolute Gasteiger partial charge is 0.481 e. The van der Waals surface area contributed by atoms with Gasteiger partial charge in [0.1, 0.15) is 5.52 Å². The average Bonchev–Trinajstić information content (AvgIpc) is 3.23. The highest BCUT2D eigenvalue weighted by atomic mass is 35.5. The van der Waals surface area contributed by atoms with Gasteiger partial charge < -0.3 is 10.0 Å². The molecule has 0 saturated carbocycles. The second kappa shape index (κ2) is 10.5. The number of hydrogen-bond donors (Lipinski definition) is 1. The predicted molar refractivity (Wildman–Crippen MR) is 143 cm³/mol. The van der Waals surface area contributed by atoms with Crippen LogP contribution in [-0.4, -0.2) is 33.9 Å². The van der Waals surface area contributed by atoms with Gasteiger partial charge >= 0.3 is 12.1 Å². The van der Waals surface area contributed by atoms with E-state index in [9.17, 15) is 23.1 Å². The maximum absolute atomic E-state index is 13.9. The monoisotopic (exact) mass is 561 g/mol. The second-order valence-corrected chi connectivity index (χ2v) is 10.3. The van der Waals surface area contributed by atoms with Gasteiger partial charge in [0.05, 0.1) is 17.8 Å². The van der Waals surface area contributed by atoms with Crippen molar-refractivity contribution >= 4 is 45.8 Å². The lowest BCUT2D eigenvalue weighted by atomic mass is 9.94. The Morgan fingerprint density at radius 3 is 2.37 bits per heavy atom. The van der Waals surface area contributed by atoms with Crippen molar-refractivity contribution in [1.29, 1.82) is 0 Å². The number of carbonyl (C=O) groups is 1. The highest BCUT2D eigenvalue weighted by Gasteiger charge is 2.34. The first-order valence-corrected chi connectivity index (χ1v) is 12.9. The molecule has 0 aliphatic carbocycles. The zero-order valence-electron chi connectivity index (χ0n) is 20.2. The van der Waals surface area contributed by atoms with Crippen LogP contribution in [0.2, 0.25) is 10.0 Å². The number of nitrogens with zero attached hydrogens (tertiary/aromatic N) is 3. The van der Waals surface area contributed by atoms with E-state index in [1.54, 1.807) is 24.3 Å². The number of carboxylic acid groups (broad SMARTS) is 1. The third kappa shape index (κ3) is 5.33. The van der Waals surface area contributed by atoms with Crippen molar-refractivity contribution in [1.82, 2.24) is 9.78 Å². The van der Waals surface area contributed by atoms with Gasteiger partial charge in [0.2, 0.25) is 0 Å². The molecule has 0 amide bonds. The van der Waals surface area contributed by atoms with Crippen LogP contribution in [0, 0.1) is 5.92 Å². The summed E-state index contributed by atoms with van der Waals surface area (Å²) >= 11 is 12.8. The Hall–Kier alpha value is -3.23. The molecule has 1 N–H and O–H groups in total. The SMILES string of the molecule is O=C(O)C[C@H]1CCCN(c2ccc(-c3c4cccc(C(F)(F)F)c4nn3Cc3c(Cl)cccc3Cl)cc2)C1. The molecule has 1 atom stereocenters. The van der Waals surface area contributed by atoms with Gasteiger partial charge in [0.15, 0.2) is 0 Å². The van der Waals surface area contributed by atoms with Crippen molar-refractivity contribution in [3.05, 3.63) is 81.8 Å². The first-order chi connectivity index (χ1) is 18.1. The second-order valence-electron chi connectivity index (χ2n) is 9.50. The number of benzene rings is 3. The number of rotatable bonds is 6. The Balaban J connectivity index is 1.57. The van der Waals surface area contributed by atoms with Crippen molar-refractivity contribution in [2.24, 2.45) is 5.92 Å². The van der Waals surface area contributed by atoms with Gasteiger partial charge in [-0.1, -0.05) is 53.5 Å². The molecule has 5 nitrogen and oxygen atoms in total. The standard InChI is InChI=1S/C28H24Cl2F3N3O2/c29-23-7-2-8-24(30)21(23)16-36-27(20-5-1-6-22(26(20)34-36)28(31,32)33)18-9-11-19(12-10-18)35-13-3-4-17(15-35)14-25(37)38/h1-2,5-12,17H,3-4,13-16H2,(H,37,38)/t17-/m1/s1. The fourth-order valence-corrected chi connectivity index (χ4v) is 5.69. The van der Waals surface area contributed by atoms with Gasteiger partial charge in [-0.05, 0) is 49.1 Å². The molecule has 4 aromatic rings. The summed E-state index contributed by atoms with van der Waals surface area (Å²) in [4.78, 5) is 13.3. The fourth-order valence-electron chi connectivity index (χ4n) is 5.18. The summed E-state index contributed by atoms with van der Waals surface area (Å²) in [6, 6.07) is 16.6. The van der Waals surface area contributed by atoms with Crippen LogP contribution in [0.25, 0.3) is 22.2 Å². The summed E-state index contributed by atoms with van der Waals surface area (Å²) in [5.74, 6) is -0.725. The fraction of sp³-hybridized carbons (Fsp3) is 0.286. The molecule has 2 heterocycles. The lowest BCUT2D eigenvalue weighted by Crippen LogP contribution is -2.36. The molecule has 1 aliphatic rings. The molecule has 1 fully saturated rings. The zero-order chi connectivity index (χ0) is 27.0. The van der Waals surface area contributed by atoms with Crippen LogP contribution in [0.15, 0.2) is 60.7 Å². The molecule has 0 spiro atoms. The number of fused-ring (bicyclic) bond motifs is 1. The normalized spacial score (nSPS) is 16.2. The van der Waals surface area contributed by atoms with Gasteiger partial charge in [-0.15, -0.1) is 0 Å². The number of aromatic nitrogens is 2. The smallest absolute Gasteiger partial charge is 0.418 e. The number of halogens is 5. The number of piperidine rings is 1. The number of carboxylic acids is 1. The number of alkyl halides is 3. The highest BCUT2D eigenvalue weighted by Crippen LogP contribution is 2.39. The molecule has 38 heavy (non-hydrogen) atoms. The van der Waals surface area contributed by atoms with E-state index in [0.717, 1.165) is 31.1 Å². The van der Waals surface area contributed by atoms with E-state index in [0.29, 0.717) is 38.8 Å². The zero-order valence-corrected chi connectivity index (χ0v) is 21.7. The minimum atomic E-state index is -4.57. The molecule has 1 aliphatic heterocycles. The summed E-state index contributed by atoms with van der Waals surface area (Å²) in [6.07, 6.45) is -2.66. The third-order valence-electron chi connectivity index (χ3n) is 6.93. The van der Waals surface area contributed by atoms with Crippen LogP contribution in [-0.2, 0) is 17.5 Å². The van der Waals surface area contributed by atoms with E-state index in [1.165, 1.54) is 10.7 Å². The Bertz CT molecular complexity index is 1470. The van der Waals surface area contributed by atoms with E-state index in [2.05, 4.69) is 10.00 Å². The lowest BCUT2D eigenvalue weighted by molar-refractivity contribution is -0.138.